The molecule has 0 aliphatic heterocycles. The van der Waals surface area contributed by atoms with Crippen molar-refractivity contribution < 1.29 is 34.7 Å². The number of hydrogen-bond donors (Lipinski definition) is 1. The number of rotatable bonds is 1. The van der Waals surface area contributed by atoms with Gasteiger partial charge in [-0.3, -0.25) is 0 Å². The van der Waals surface area contributed by atoms with Gasteiger partial charge in [-0.25, -0.2) is 0 Å². The smallest absolute Gasteiger partial charge is 0.392 e. The molecule has 0 saturated carbocycles. The number of aliphatic hydroxyl groups excluding tert-OH is 1. The zero-order chi connectivity index (χ0) is 12.1. The Kier molecular flexibility index (Phi) is 4.41. The third kappa shape index (κ3) is 2.04. The van der Waals surface area contributed by atoms with E-state index < -0.39 is 0 Å². The van der Waals surface area contributed by atoms with Crippen molar-refractivity contribution in [2.24, 2.45) is 0 Å². The van der Waals surface area contributed by atoms with Crippen LogP contribution in [0.4, 0.5) is 0 Å². The van der Waals surface area contributed by atoms with Gasteiger partial charge < -0.3 is 5.11 Å². The predicted octanol–water partition coefficient (Wildman–Crippen LogP) is -0.371. The molecular formula is C17H16BNaO. The van der Waals surface area contributed by atoms with Gasteiger partial charge in [0.15, 0.2) is 0 Å². The normalized spacial score (nSPS) is 10.7. The third-order valence-corrected chi connectivity index (χ3v) is 3.79. The Labute approximate surface area is 141 Å². The van der Waals surface area contributed by atoms with Gasteiger partial charge in [-0.2, -0.15) is 0 Å². The fourth-order valence-corrected chi connectivity index (χ4v) is 2.93. The molecule has 0 atom stereocenters. The molecule has 94 valence electrons. The summed E-state index contributed by atoms with van der Waals surface area (Å²) in [4.78, 5) is 0. The Morgan fingerprint density at radius 1 is 0.700 bits per heavy atom. The minimum atomic E-state index is 0. The molecular weight excluding hydrogens is 254 g/mol. The van der Waals surface area contributed by atoms with Gasteiger partial charge >= 0.3 is 29.6 Å². The molecule has 0 aliphatic carbocycles. The second-order valence-corrected chi connectivity index (χ2v) is 4.74. The van der Waals surface area contributed by atoms with E-state index in [9.17, 15) is 5.11 Å². The first-order chi connectivity index (χ1) is 8.88. The second-order valence-electron chi connectivity index (χ2n) is 4.74. The maximum absolute atomic E-state index is 9.47. The summed E-state index contributed by atoms with van der Waals surface area (Å²) in [7, 11) is 0. The third-order valence-electron chi connectivity index (χ3n) is 3.79. The molecule has 4 aromatic carbocycles. The molecule has 1 nitrogen and oxygen atoms in total. The Bertz CT molecular complexity index is 857. The van der Waals surface area contributed by atoms with Gasteiger partial charge in [0.1, 0.15) is 0 Å². The van der Waals surface area contributed by atoms with E-state index in [0.29, 0.717) is 0 Å². The monoisotopic (exact) mass is 270 g/mol. The molecule has 0 radical (unpaired) electrons. The van der Waals surface area contributed by atoms with Crippen molar-refractivity contribution in [1.82, 2.24) is 0 Å². The first-order valence-electron chi connectivity index (χ1n) is 6.15. The number of benzene rings is 4. The van der Waals surface area contributed by atoms with Crippen LogP contribution in [-0.4, -0.2) is 13.5 Å². The average molecular weight is 270 g/mol. The fraction of sp³-hybridized carbons (Fsp3) is 0.0588. The molecule has 3 heteroatoms. The molecule has 20 heavy (non-hydrogen) atoms. The molecule has 0 aromatic heterocycles. The van der Waals surface area contributed by atoms with Crippen LogP contribution < -0.4 is 29.6 Å². The van der Waals surface area contributed by atoms with Crippen molar-refractivity contribution in [3.8, 4) is 0 Å². The van der Waals surface area contributed by atoms with Crippen LogP contribution in [0.25, 0.3) is 32.3 Å². The summed E-state index contributed by atoms with van der Waals surface area (Å²) in [5.41, 5.74) is 1.00. The van der Waals surface area contributed by atoms with E-state index in [1.807, 2.05) is 6.07 Å². The van der Waals surface area contributed by atoms with Crippen LogP contribution >= 0.6 is 0 Å². The maximum atomic E-state index is 9.47. The Morgan fingerprint density at radius 2 is 1.25 bits per heavy atom. The van der Waals surface area contributed by atoms with Gasteiger partial charge in [0.2, 0.25) is 0 Å². The first-order valence-corrected chi connectivity index (χ1v) is 6.15. The van der Waals surface area contributed by atoms with Crippen LogP contribution in [0.5, 0.6) is 0 Å². The summed E-state index contributed by atoms with van der Waals surface area (Å²) in [5, 5.41) is 17.0. The van der Waals surface area contributed by atoms with Crippen molar-refractivity contribution in [2.75, 3.05) is 0 Å². The predicted molar refractivity (Wildman–Crippen MR) is 87.4 cm³/mol. The van der Waals surface area contributed by atoms with Crippen LogP contribution in [0.15, 0.2) is 54.6 Å². The Hall–Kier alpha value is -1.06. The van der Waals surface area contributed by atoms with Gasteiger partial charge in [-0.15, -0.1) is 0 Å². The summed E-state index contributed by atoms with van der Waals surface area (Å²) < 4.78 is 0. The fourth-order valence-electron chi connectivity index (χ4n) is 2.93. The molecule has 0 amide bonds. The van der Waals surface area contributed by atoms with Gasteiger partial charge in [0, 0.05) is 0 Å². The SMILES string of the molecule is OCc1ccc2ccc3cccc4ccc1c2c34.[BH4-].[Na+]. The van der Waals surface area contributed by atoms with Crippen LogP contribution in [-0.2, 0) is 6.61 Å². The van der Waals surface area contributed by atoms with Crippen molar-refractivity contribution in [2.45, 2.75) is 6.61 Å². The first kappa shape index (κ1) is 15.3. The molecule has 0 heterocycles. The van der Waals surface area contributed by atoms with E-state index in [4.69, 9.17) is 0 Å². The van der Waals surface area contributed by atoms with Gasteiger partial charge in [-0.1, -0.05) is 63.0 Å². The van der Waals surface area contributed by atoms with Crippen LogP contribution in [0.3, 0.4) is 0 Å². The van der Waals surface area contributed by atoms with E-state index in [1.54, 1.807) is 0 Å². The minimum absolute atomic E-state index is 0. The van der Waals surface area contributed by atoms with Crippen LogP contribution in [0.1, 0.15) is 5.56 Å². The standard InChI is InChI=1S/C17H12O.BH4.Na/c18-10-14-7-6-13-5-4-11-2-1-3-12-8-9-15(14)17(13)16(11)12;;/h1-9,18H,10H2;1H4;/q;-1;+1. The van der Waals surface area contributed by atoms with Gasteiger partial charge in [0.25, 0.3) is 0 Å². The molecule has 0 saturated heterocycles. The number of hydrogen-bond acceptors (Lipinski definition) is 1. The zero-order valence-corrected chi connectivity index (χ0v) is 12.9. The quantitative estimate of drug-likeness (QED) is 0.369. The minimum Gasteiger partial charge on any atom is -0.392 e. The van der Waals surface area contributed by atoms with Crippen molar-refractivity contribution in [3.05, 3.63) is 60.2 Å². The molecule has 0 aliphatic rings. The zero-order valence-electron chi connectivity index (χ0n) is 10.9. The Morgan fingerprint density at radius 3 is 1.90 bits per heavy atom. The second kappa shape index (κ2) is 5.75. The molecule has 1 N–H and O–H groups in total. The van der Waals surface area contributed by atoms with E-state index in [0.717, 1.165) is 5.56 Å². The maximum Gasteiger partial charge on any atom is 1.00 e. The summed E-state index contributed by atoms with van der Waals surface area (Å²) in [6.07, 6.45) is 0. The summed E-state index contributed by atoms with van der Waals surface area (Å²) >= 11 is 0. The van der Waals surface area contributed by atoms with E-state index in [2.05, 4.69) is 48.5 Å². The molecule has 4 aromatic rings. The molecule has 0 unspecified atom stereocenters. The van der Waals surface area contributed by atoms with E-state index in [1.165, 1.54) is 32.3 Å². The van der Waals surface area contributed by atoms with E-state index in [-0.39, 0.29) is 44.6 Å². The molecule has 0 spiro atoms. The average Bonchev–Trinajstić information content (AvgIpc) is 2.44. The van der Waals surface area contributed by atoms with Gasteiger partial charge in [-0.05, 0) is 37.9 Å². The molecule has 0 fully saturated rings. The van der Waals surface area contributed by atoms with Crippen LogP contribution in [0, 0.1) is 0 Å². The molecule has 0 bridgehead atoms. The van der Waals surface area contributed by atoms with Crippen molar-refractivity contribution in [3.63, 3.8) is 0 Å². The van der Waals surface area contributed by atoms with Crippen molar-refractivity contribution >= 4 is 40.7 Å². The van der Waals surface area contributed by atoms with Crippen molar-refractivity contribution in [1.29, 1.82) is 0 Å². The van der Waals surface area contributed by atoms with E-state index >= 15 is 0 Å². The largest absolute Gasteiger partial charge is 1.00 e. The Balaban J connectivity index is 0.000000735. The topological polar surface area (TPSA) is 20.2 Å². The van der Waals surface area contributed by atoms with Gasteiger partial charge in [0.05, 0.1) is 6.61 Å². The van der Waals surface area contributed by atoms with Crippen LogP contribution in [0.2, 0.25) is 0 Å². The molecule has 4 rings (SSSR count). The summed E-state index contributed by atoms with van der Waals surface area (Å²) in [6, 6.07) is 19.1. The summed E-state index contributed by atoms with van der Waals surface area (Å²) in [5.74, 6) is 0. The summed E-state index contributed by atoms with van der Waals surface area (Å²) in [6.45, 7) is 0.0914. The number of aliphatic hydroxyl groups is 1.